The largest absolute Gasteiger partial charge is 0.312 e. The summed E-state index contributed by atoms with van der Waals surface area (Å²) in [4.78, 5) is 0. The van der Waals surface area contributed by atoms with Crippen LogP contribution in [-0.4, -0.2) is 13.1 Å². The molecule has 0 fully saturated rings. The van der Waals surface area contributed by atoms with Crippen LogP contribution in [0.15, 0.2) is 36.9 Å². The summed E-state index contributed by atoms with van der Waals surface area (Å²) in [5.41, 5.74) is 2.38. The Kier molecular flexibility index (Phi) is 4.41. The summed E-state index contributed by atoms with van der Waals surface area (Å²) in [5.74, 6) is 0.693. The highest BCUT2D eigenvalue weighted by atomic mass is 14.9. The Morgan fingerprint density at radius 2 is 1.93 bits per heavy atom. The Hall–Kier alpha value is -1.08. The Labute approximate surface area is 86.8 Å². The minimum absolute atomic E-state index is 0.693. The van der Waals surface area contributed by atoms with Crippen LogP contribution in [0.2, 0.25) is 0 Å². The molecule has 0 saturated carbocycles. The van der Waals surface area contributed by atoms with Gasteiger partial charge in [0.2, 0.25) is 0 Å². The van der Waals surface area contributed by atoms with Crippen molar-refractivity contribution in [3.05, 3.63) is 42.5 Å². The van der Waals surface area contributed by atoms with Gasteiger partial charge in [0.15, 0.2) is 0 Å². The molecule has 0 unspecified atom stereocenters. The molecule has 0 atom stereocenters. The van der Waals surface area contributed by atoms with E-state index >= 15 is 0 Å². The summed E-state index contributed by atoms with van der Waals surface area (Å²) in [5, 5.41) is 3.38. The fraction of sp³-hybridized carbons (Fsp3) is 0.385. The fourth-order valence-electron chi connectivity index (χ4n) is 1.29. The van der Waals surface area contributed by atoms with Crippen LogP contribution in [0.1, 0.15) is 19.4 Å². The number of rotatable bonds is 5. The molecular formula is C13H19N. The standard InChI is InChI=1S/C13H19N/c1-11(2)9-14-10-12(3)13-7-5-4-6-8-13/h4-8,11,14H,3,9-10H2,1-2H3. The smallest absolute Gasteiger partial charge is 0.0205 e. The minimum atomic E-state index is 0.693. The molecule has 0 bridgehead atoms. The van der Waals surface area contributed by atoms with Gasteiger partial charge in [0, 0.05) is 6.54 Å². The molecule has 1 nitrogen and oxygen atoms in total. The van der Waals surface area contributed by atoms with Crippen molar-refractivity contribution in [1.29, 1.82) is 0 Å². The van der Waals surface area contributed by atoms with Crippen LogP contribution in [0.4, 0.5) is 0 Å². The van der Waals surface area contributed by atoms with Crippen LogP contribution in [0.3, 0.4) is 0 Å². The lowest BCUT2D eigenvalue weighted by molar-refractivity contribution is 0.580. The van der Waals surface area contributed by atoms with Gasteiger partial charge in [-0.05, 0) is 23.6 Å². The summed E-state index contributed by atoms with van der Waals surface area (Å²) in [6.07, 6.45) is 0. The molecule has 0 aliphatic carbocycles. The van der Waals surface area contributed by atoms with Gasteiger partial charge in [-0.2, -0.15) is 0 Å². The first-order valence-electron chi connectivity index (χ1n) is 5.14. The fourth-order valence-corrected chi connectivity index (χ4v) is 1.29. The van der Waals surface area contributed by atoms with E-state index in [4.69, 9.17) is 0 Å². The van der Waals surface area contributed by atoms with E-state index in [-0.39, 0.29) is 0 Å². The Morgan fingerprint density at radius 3 is 2.50 bits per heavy atom. The molecule has 0 amide bonds. The maximum atomic E-state index is 4.06. The minimum Gasteiger partial charge on any atom is -0.312 e. The zero-order valence-electron chi connectivity index (χ0n) is 9.09. The summed E-state index contributed by atoms with van der Waals surface area (Å²) in [6.45, 7) is 10.4. The quantitative estimate of drug-likeness (QED) is 0.751. The van der Waals surface area contributed by atoms with Gasteiger partial charge in [-0.15, -0.1) is 0 Å². The van der Waals surface area contributed by atoms with Crippen molar-refractivity contribution in [1.82, 2.24) is 5.32 Å². The number of hydrogen-bond donors (Lipinski definition) is 1. The van der Waals surface area contributed by atoms with E-state index in [1.807, 2.05) is 18.2 Å². The second-order valence-corrected chi connectivity index (χ2v) is 3.99. The van der Waals surface area contributed by atoms with E-state index in [0.717, 1.165) is 18.7 Å². The average molecular weight is 189 g/mol. The van der Waals surface area contributed by atoms with Crippen molar-refractivity contribution in [2.45, 2.75) is 13.8 Å². The molecule has 0 radical (unpaired) electrons. The zero-order chi connectivity index (χ0) is 10.4. The third-order valence-electron chi connectivity index (χ3n) is 2.07. The molecule has 0 aliphatic rings. The molecule has 0 aliphatic heterocycles. The first-order chi connectivity index (χ1) is 6.70. The Bertz CT molecular complexity index is 275. The second-order valence-electron chi connectivity index (χ2n) is 3.99. The molecule has 1 aromatic rings. The molecule has 1 aromatic carbocycles. The molecule has 0 saturated heterocycles. The van der Waals surface area contributed by atoms with Crippen LogP contribution in [0.5, 0.6) is 0 Å². The summed E-state index contributed by atoms with van der Waals surface area (Å²) < 4.78 is 0. The van der Waals surface area contributed by atoms with Crippen molar-refractivity contribution in [3.8, 4) is 0 Å². The number of nitrogens with one attached hydrogen (secondary N) is 1. The van der Waals surface area contributed by atoms with Gasteiger partial charge >= 0.3 is 0 Å². The highest BCUT2D eigenvalue weighted by Gasteiger charge is 1.98. The van der Waals surface area contributed by atoms with Gasteiger partial charge in [-0.1, -0.05) is 50.8 Å². The lowest BCUT2D eigenvalue weighted by Crippen LogP contribution is -2.21. The van der Waals surface area contributed by atoms with E-state index in [1.54, 1.807) is 0 Å². The van der Waals surface area contributed by atoms with Gasteiger partial charge < -0.3 is 5.32 Å². The number of benzene rings is 1. The van der Waals surface area contributed by atoms with Crippen molar-refractivity contribution < 1.29 is 0 Å². The molecule has 76 valence electrons. The first-order valence-corrected chi connectivity index (χ1v) is 5.14. The van der Waals surface area contributed by atoms with Crippen LogP contribution < -0.4 is 5.32 Å². The monoisotopic (exact) mass is 189 g/mol. The van der Waals surface area contributed by atoms with Gasteiger partial charge in [-0.3, -0.25) is 0 Å². The lowest BCUT2D eigenvalue weighted by atomic mass is 10.1. The maximum absolute atomic E-state index is 4.06. The summed E-state index contributed by atoms with van der Waals surface area (Å²) >= 11 is 0. The second kappa shape index (κ2) is 5.61. The van der Waals surface area contributed by atoms with Crippen molar-refractivity contribution >= 4 is 5.57 Å². The predicted molar refractivity (Wildman–Crippen MR) is 63.2 cm³/mol. The molecule has 1 rings (SSSR count). The molecule has 1 heteroatoms. The normalized spacial score (nSPS) is 10.5. The highest BCUT2D eigenvalue weighted by Crippen LogP contribution is 2.09. The van der Waals surface area contributed by atoms with Crippen LogP contribution in [-0.2, 0) is 0 Å². The first kappa shape index (κ1) is 11.0. The summed E-state index contributed by atoms with van der Waals surface area (Å²) in [7, 11) is 0. The topological polar surface area (TPSA) is 12.0 Å². The molecule has 0 spiro atoms. The zero-order valence-corrected chi connectivity index (χ0v) is 9.09. The van der Waals surface area contributed by atoms with E-state index in [2.05, 4.69) is 37.9 Å². The molecule has 0 heterocycles. The molecule has 0 aromatic heterocycles. The average Bonchev–Trinajstić information content (AvgIpc) is 2.18. The highest BCUT2D eigenvalue weighted by molar-refractivity contribution is 5.64. The van der Waals surface area contributed by atoms with Gasteiger partial charge in [0.1, 0.15) is 0 Å². The maximum Gasteiger partial charge on any atom is 0.0205 e. The lowest BCUT2D eigenvalue weighted by Gasteiger charge is -2.09. The van der Waals surface area contributed by atoms with Crippen LogP contribution in [0, 0.1) is 5.92 Å². The van der Waals surface area contributed by atoms with Gasteiger partial charge in [0.05, 0.1) is 0 Å². The Morgan fingerprint density at radius 1 is 1.29 bits per heavy atom. The van der Waals surface area contributed by atoms with Crippen LogP contribution in [0.25, 0.3) is 5.57 Å². The Balaban J connectivity index is 2.36. The third-order valence-corrected chi connectivity index (χ3v) is 2.07. The number of hydrogen-bond acceptors (Lipinski definition) is 1. The van der Waals surface area contributed by atoms with E-state index in [9.17, 15) is 0 Å². The van der Waals surface area contributed by atoms with E-state index in [0.29, 0.717) is 5.92 Å². The van der Waals surface area contributed by atoms with E-state index in [1.165, 1.54) is 5.56 Å². The summed E-state index contributed by atoms with van der Waals surface area (Å²) in [6, 6.07) is 10.3. The molecular weight excluding hydrogens is 170 g/mol. The molecule has 14 heavy (non-hydrogen) atoms. The van der Waals surface area contributed by atoms with E-state index < -0.39 is 0 Å². The molecule has 1 N–H and O–H groups in total. The van der Waals surface area contributed by atoms with Crippen molar-refractivity contribution in [2.75, 3.05) is 13.1 Å². The van der Waals surface area contributed by atoms with Gasteiger partial charge in [0.25, 0.3) is 0 Å². The SMILES string of the molecule is C=C(CNCC(C)C)c1ccccc1. The van der Waals surface area contributed by atoms with Crippen molar-refractivity contribution in [2.24, 2.45) is 5.92 Å². The van der Waals surface area contributed by atoms with Crippen molar-refractivity contribution in [3.63, 3.8) is 0 Å². The predicted octanol–water partition coefficient (Wildman–Crippen LogP) is 2.95. The van der Waals surface area contributed by atoms with Gasteiger partial charge in [-0.25, -0.2) is 0 Å². The third kappa shape index (κ3) is 3.75. The van der Waals surface area contributed by atoms with Crippen LogP contribution >= 0.6 is 0 Å².